The van der Waals surface area contributed by atoms with E-state index in [1.54, 1.807) is 16.2 Å². The summed E-state index contributed by atoms with van der Waals surface area (Å²) >= 11 is 0. The summed E-state index contributed by atoms with van der Waals surface area (Å²) in [5.74, 6) is 0. The Morgan fingerprint density at radius 1 is 0.850 bits per heavy atom. The Bertz CT molecular complexity index is 594. The van der Waals surface area contributed by atoms with E-state index < -0.39 is 0 Å². The average molecular weight is 280 g/mol. The monoisotopic (exact) mass is 280 g/mol. The van der Waals surface area contributed by atoms with Crippen molar-refractivity contribution in [1.29, 1.82) is 0 Å². The largest absolute Gasteiger partial charge is 0.0846 e. The lowest BCUT2D eigenvalue weighted by Crippen LogP contribution is -2.20. The van der Waals surface area contributed by atoms with Gasteiger partial charge >= 0.3 is 0 Å². The lowest BCUT2D eigenvalue weighted by molar-refractivity contribution is 0.878. The molecule has 0 aliphatic heterocycles. The molecule has 20 heavy (non-hydrogen) atoms. The molecule has 0 radical (unpaired) electrons. The predicted molar refractivity (Wildman–Crippen MR) is 90.7 cm³/mol. The van der Waals surface area contributed by atoms with Crippen LogP contribution in [0.4, 0.5) is 0 Å². The van der Waals surface area contributed by atoms with Crippen molar-refractivity contribution in [2.75, 3.05) is 6.16 Å². The Morgan fingerprint density at radius 3 is 1.75 bits per heavy atom. The first-order valence-corrected chi connectivity index (χ1v) is 8.85. The van der Waals surface area contributed by atoms with Crippen molar-refractivity contribution in [2.45, 2.75) is 26.7 Å². The molecule has 3 rings (SSSR count). The normalized spacial score (nSPS) is 14.1. The molecule has 102 valence electrons. The van der Waals surface area contributed by atoms with Crippen LogP contribution in [0.1, 0.15) is 24.0 Å². The highest BCUT2D eigenvalue weighted by Crippen LogP contribution is 2.40. The van der Waals surface area contributed by atoms with Gasteiger partial charge in [-0.2, -0.15) is 0 Å². The zero-order valence-corrected chi connectivity index (χ0v) is 13.2. The Kier molecular flexibility index (Phi) is 4.03. The van der Waals surface area contributed by atoms with Gasteiger partial charge in [0.25, 0.3) is 0 Å². The van der Waals surface area contributed by atoms with Crippen molar-refractivity contribution in [3.63, 3.8) is 0 Å². The van der Waals surface area contributed by atoms with Crippen molar-refractivity contribution >= 4 is 18.5 Å². The van der Waals surface area contributed by atoms with Gasteiger partial charge in [-0.1, -0.05) is 60.2 Å². The van der Waals surface area contributed by atoms with Crippen LogP contribution in [-0.4, -0.2) is 6.16 Å². The minimum atomic E-state index is -0.255. The van der Waals surface area contributed by atoms with Gasteiger partial charge < -0.3 is 0 Å². The Hall–Kier alpha value is -1.39. The maximum atomic E-state index is 2.42. The molecule has 0 amide bonds. The summed E-state index contributed by atoms with van der Waals surface area (Å²) in [5.41, 5.74) is 4.52. The fourth-order valence-electron chi connectivity index (χ4n) is 2.73. The van der Waals surface area contributed by atoms with Crippen LogP contribution in [0.2, 0.25) is 0 Å². The first-order valence-electron chi connectivity index (χ1n) is 7.32. The summed E-state index contributed by atoms with van der Waals surface area (Å²) in [6.45, 7) is 4.50. The van der Waals surface area contributed by atoms with E-state index >= 15 is 0 Å². The second-order valence-corrected chi connectivity index (χ2v) is 7.70. The van der Waals surface area contributed by atoms with E-state index in [1.165, 1.54) is 30.1 Å². The lowest BCUT2D eigenvalue weighted by Gasteiger charge is -2.26. The van der Waals surface area contributed by atoms with Crippen LogP contribution in [0.3, 0.4) is 0 Å². The Balaban J connectivity index is 2.04. The zero-order chi connectivity index (χ0) is 13.9. The molecule has 0 N–H and O–H groups in total. The Morgan fingerprint density at radius 2 is 1.35 bits per heavy atom. The Labute approximate surface area is 123 Å². The minimum Gasteiger partial charge on any atom is -0.0846 e. The summed E-state index contributed by atoms with van der Waals surface area (Å²) in [7, 11) is -0.255. The first kappa shape index (κ1) is 13.6. The van der Waals surface area contributed by atoms with Gasteiger partial charge in [0.2, 0.25) is 0 Å². The van der Waals surface area contributed by atoms with Crippen LogP contribution in [0.5, 0.6) is 0 Å². The molecule has 1 aliphatic carbocycles. The van der Waals surface area contributed by atoms with Crippen molar-refractivity contribution in [3.05, 3.63) is 71.3 Å². The van der Waals surface area contributed by atoms with E-state index in [0.29, 0.717) is 0 Å². The summed E-state index contributed by atoms with van der Waals surface area (Å²) in [4.78, 5) is 0. The topological polar surface area (TPSA) is 0 Å². The standard InChI is InChI=1S/C19H21P/c1-15-8-3-5-12-18(15)20(14-17-10-7-11-17)19-13-6-4-9-16(19)2/h3-6,8-10,12-13H,7,11,14H2,1-2H3. The highest BCUT2D eigenvalue weighted by Gasteiger charge is 2.20. The second-order valence-electron chi connectivity index (χ2n) is 5.56. The van der Waals surface area contributed by atoms with E-state index in [0.717, 1.165) is 0 Å². The molecule has 0 fully saturated rings. The van der Waals surface area contributed by atoms with E-state index in [4.69, 9.17) is 0 Å². The molecule has 0 heterocycles. The van der Waals surface area contributed by atoms with Gasteiger partial charge in [-0.3, -0.25) is 0 Å². The fraction of sp³-hybridized carbons (Fsp3) is 0.263. The quantitative estimate of drug-likeness (QED) is 0.573. The minimum absolute atomic E-state index is 0.255. The average Bonchev–Trinajstić information content (AvgIpc) is 2.40. The predicted octanol–water partition coefficient (Wildman–Crippen LogP) is 4.46. The van der Waals surface area contributed by atoms with Crippen molar-refractivity contribution in [2.24, 2.45) is 0 Å². The first-order chi connectivity index (χ1) is 9.75. The smallest absolute Gasteiger partial charge is 0.00336 e. The van der Waals surface area contributed by atoms with Crippen LogP contribution in [0.25, 0.3) is 0 Å². The summed E-state index contributed by atoms with van der Waals surface area (Å²) in [5, 5.41) is 3.09. The number of hydrogen-bond acceptors (Lipinski definition) is 0. The van der Waals surface area contributed by atoms with Gasteiger partial charge in [0.15, 0.2) is 0 Å². The fourth-order valence-corrected chi connectivity index (χ4v) is 5.55. The van der Waals surface area contributed by atoms with Crippen LogP contribution >= 0.6 is 7.92 Å². The van der Waals surface area contributed by atoms with Crippen LogP contribution in [-0.2, 0) is 0 Å². The molecule has 0 aromatic heterocycles. The molecule has 0 atom stereocenters. The molecule has 1 aliphatic rings. The SMILES string of the molecule is Cc1ccccc1P(CC1=CCC1)c1ccccc1C. The van der Waals surface area contributed by atoms with E-state index in [1.807, 2.05) is 0 Å². The van der Waals surface area contributed by atoms with Crippen LogP contribution in [0, 0.1) is 13.8 Å². The molecule has 1 heteroatoms. The zero-order valence-electron chi connectivity index (χ0n) is 12.3. The highest BCUT2D eigenvalue weighted by molar-refractivity contribution is 7.73. The molecule has 2 aromatic rings. The van der Waals surface area contributed by atoms with Gasteiger partial charge in [-0.05, 0) is 62.5 Å². The second kappa shape index (κ2) is 5.94. The van der Waals surface area contributed by atoms with Gasteiger partial charge in [0.05, 0.1) is 0 Å². The molecule has 0 saturated heterocycles. The van der Waals surface area contributed by atoms with Gasteiger partial charge in [0, 0.05) is 0 Å². The maximum absolute atomic E-state index is 2.42. The molecular formula is C19H21P. The van der Waals surface area contributed by atoms with Crippen molar-refractivity contribution in [1.82, 2.24) is 0 Å². The third-order valence-electron chi connectivity index (χ3n) is 4.07. The molecular weight excluding hydrogens is 259 g/mol. The summed E-state index contributed by atoms with van der Waals surface area (Å²) in [6, 6.07) is 17.8. The highest BCUT2D eigenvalue weighted by atomic mass is 31.1. The summed E-state index contributed by atoms with van der Waals surface area (Å²) in [6.07, 6.45) is 6.24. The lowest BCUT2D eigenvalue weighted by atomic mass is 10.0. The number of hydrogen-bond donors (Lipinski definition) is 0. The van der Waals surface area contributed by atoms with Crippen molar-refractivity contribution < 1.29 is 0 Å². The third-order valence-corrected chi connectivity index (χ3v) is 6.96. The van der Waals surface area contributed by atoms with Gasteiger partial charge in [0.1, 0.15) is 0 Å². The third kappa shape index (κ3) is 2.72. The van der Waals surface area contributed by atoms with E-state index in [9.17, 15) is 0 Å². The number of allylic oxidation sites excluding steroid dienone is 2. The number of rotatable bonds is 4. The molecule has 0 bridgehead atoms. The van der Waals surface area contributed by atoms with Gasteiger partial charge in [-0.15, -0.1) is 0 Å². The van der Waals surface area contributed by atoms with Crippen LogP contribution in [0.15, 0.2) is 60.2 Å². The maximum Gasteiger partial charge on any atom is -0.00336 e. The van der Waals surface area contributed by atoms with E-state index in [2.05, 4.69) is 68.5 Å². The molecule has 0 spiro atoms. The van der Waals surface area contributed by atoms with Crippen LogP contribution < -0.4 is 10.6 Å². The number of benzene rings is 2. The van der Waals surface area contributed by atoms with E-state index in [-0.39, 0.29) is 7.92 Å². The molecule has 0 nitrogen and oxygen atoms in total. The number of aryl methyl sites for hydroxylation is 2. The van der Waals surface area contributed by atoms with Crippen molar-refractivity contribution in [3.8, 4) is 0 Å². The molecule has 0 unspecified atom stereocenters. The van der Waals surface area contributed by atoms with Gasteiger partial charge in [-0.25, -0.2) is 0 Å². The molecule has 0 saturated carbocycles. The molecule has 2 aromatic carbocycles. The summed E-state index contributed by atoms with van der Waals surface area (Å²) < 4.78 is 0.